The number of benzene rings is 10. The van der Waals surface area contributed by atoms with Crippen LogP contribution in [0, 0.1) is 35.8 Å². The average Bonchev–Trinajstić information content (AvgIpc) is 3.42. The predicted molar refractivity (Wildman–Crippen MR) is 297 cm³/mol. The number of nitriles is 2. The lowest BCUT2D eigenvalue weighted by Gasteiger charge is -2.31. The summed E-state index contributed by atoms with van der Waals surface area (Å²) in [6.45, 7) is 21.3. The molecule has 0 saturated carbocycles. The largest absolute Gasteiger partial charge is 0.491 e. The molecule has 8 heteroatoms. The Balaban J connectivity index is 1.34. The van der Waals surface area contributed by atoms with Crippen molar-refractivity contribution in [2.45, 2.75) is 19.3 Å². The summed E-state index contributed by atoms with van der Waals surface area (Å²) in [5.41, 5.74) is 10.5. The van der Waals surface area contributed by atoms with Crippen LogP contribution < -0.4 is 9.47 Å². The zero-order valence-corrected chi connectivity index (χ0v) is 40.8. The summed E-state index contributed by atoms with van der Waals surface area (Å²) in [5.74, 6) is 2.28. The van der Waals surface area contributed by atoms with Crippen molar-refractivity contribution in [3.8, 4) is 68.1 Å². The molecule has 0 aliphatic heterocycles. The number of hydrogen-bond donors (Lipinski definition) is 2. The van der Waals surface area contributed by atoms with Gasteiger partial charge in [-0.1, -0.05) is 147 Å². The molecule has 10 aromatic carbocycles. The molecule has 0 atom stereocenters. The Morgan fingerprint density at radius 3 is 1.04 bits per heavy atom. The van der Waals surface area contributed by atoms with Gasteiger partial charge in [-0.3, -0.25) is 0 Å². The molecule has 0 radical (unpaired) electrons. The lowest BCUT2D eigenvalue weighted by molar-refractivity contribution is 0.347. The molecular weight excluding hydrogens is 909 g/mol. The molecule has 6 nitrogen and oxygen atoms in total. The molecule has 10 aromatic rings. The van der Waals surface area contributed by atoms with Crippen LogP contribution in [-0.4, -0.2) is 24.7 Å². The molecule has 0 aromatic heterocycles. The highest BCUT2D eigenvalue weighted by atomic mass is 32.1. The van der Waals surface area contributed by atoms with Gasteiger partial charge in [0.05, 0.1) is 49.6 Å². The molecule has 0 amide bonds. The summed E-state index contributed by atoms with van der Waals surface area (Å²) < 4.78 is 13.7. The molecule has 71 heavy (non-hydrogen) atoms. The summed E-state index contributed by atoms with van der Waals surface area (Å²) in [7, 11) is 0. The van der Waals surface area contributed by atoms with E-state index in [0.29, 0.717) is 58.7 Å². The predicted octanol–water partition coefficient (Wildman–Crippen LogP) is 16.8. The molecule has 0 heterocycles. The minimum atomic E-state index is -0.750. The van der Waals surface area contributed by atoms with Crippen LogP contribution in [0.5, 0.6) is 11.5 Å². The van der Waals surface area contributed by atoms with Crippen molar-refractivity contribution in [1.82, 2.24) is 0 Å². The first-order valence-corrected chi connectivity index (χ1v) is 24.5. The van der Waals surface area contributed by atoms with Crippen molar-refractivity contribution >= 4 is 79.7 Å². The van der Waals surface area contributed by atoms with Crippen LogP contribution in [0.25, 0.3) is 97.3 Å². The van der Waals surface area contributed by atoms with Crippen molar-refractivity contribution in [1.29, 1.82) is 10.5 Å². The lowest BCUT2D eigenvalue weighted by Crippen LogP contribution is -2.20. The maximum atomic E-state index is 10.3. The Labute approximate surface area is 424 Å². The normalized spacial score (nSPS) is 11.3. The molecule has 10 rings (SSSR count). The van der Waals surface area contributed by atoms with Gasteiger partial charge in [-0.2, -0.15) is 35.8 Å². The zero-order chi connectivity index (χ0) is 49.2. The summed E-state index contributed by atoms with van der Waals surface area (Å²) in [6.07, 6.45) is 0. The summed E-state index contributed by atoms with van der Waals surface area (Å²) in [4.78, 5) is 7.81. The van der Waals surface area contributed by atoms with Crippen LogP contribution >= 0.6 is 25.3 Å². The summed E-state index contributed by atoms with van der Waals surface area (Å²) in [5, 5.41) is 27.6. The van der Waals surface area contributed by atoms with E-state index in [0.717, 1.165) is 98.7 Å². The average molecular weight is 953 g/mol. The maximum absolute atomic E-state index is 10.3. The summed E-state index contributed by atoms with van der Waals surface area (Å²) in [6, 6.07) is 61.3. The molecule has 0 N–H and O–H groups in total. The number of nitrogens with zero attached hydrogens (tertiary/aromatic N) is 4. The van der Waals surface area contributed by atoms with Gasteiger partial charge in [-0.25, -0.2) is 9.69 Å². The molecule has 0 bridgehead atoms. The quantitative estimate of drug-likeness (QED) is 0.0945. The number of rotatable bonds is 12. The highest BCUT2D eigenvalue weighted by Crippen LogP contribution is 2.51. The van der Waals surface area contributed by atoms with E-state index < -0.39 is 5.41 Å². The van der Waals surface area contributed by atoms with Crippen LogP contribution in [-0.2, 0) is 5.41 Å². The third kappa shape index (κ3) is 8.14. The van der Waals surface area contributed by atoms with E-state index in [1.54, 1.807) is 0 Å². The van der Waals surface area contributed by atoms with Crippen LogP contribution in [0.4, 0.5) is 11.4 Å². The Kier molecular flexibility index (Phi) is 12.7. The van der Waals surface area contributed by atoms with E-state index in [1.165, 1.54) is 0 Å². The van der Waals surface area contributed by atoms with E-state index in [9.17, 15) is 10.5 Å². The SMILES string of the molecule is [C-]#[N+]c1cccc2c(-c3cc(C(C)(C)c4cc(-c5cccc6c(C#N)cccc56)c(OCCS)c(-c5cccc6c(C#N)cccc56)c4)cc(-c4cccc5c([N+]#[C-])cccc45)c3OCCS)cccc12. The minimum absolute atomic E-state index is 0.329. The molecule has 0 aliphatic rings. The first-order valence-electron chi connectivity index (χ1n) is 23.2. The van der Waals surface area contributed by atoms with E-state index in [1.807, 2.05) is 97.1 Å². The number of hydrogen-bond acceptors (Lipinski definition) is 6. The van der Waals surface area contributed by atoms with Gasteiger partial charge in [0.2, 0.25) is 0 Å². The van der Waals surface area contributed by atoms with Crippen molar-refractivity contribution in [2.24, 2.45) is 0 Å². The van der Waals surface area contributed by atoms with Crippen molar-refractivity contribution in [2.75, 3.05) is 24.7 Å². The van der Waals surface area contributed by atoms with Crippen molar-refractivity contribution in [3.05, 3.63) is 215 Å². The molecule has 0 unspecified atom stereocenters. The highest BCUT2D eigenvalue weighted by molar-refractivity contribution is 7.80. The van der Waals surface area contributed by atoms with Crippen LogP contribution in [0.15, 0.2) is 170 Å². The van der Waals surface area contributed by atoms with Gasteiger partial charge in [-0.15, -0.1) is 0 Å². The third-order valence-electron chi connectivity index (χ3n) is 13.6. The fourth-order valence-corrected chi connectivity index (χ4v) is 10.3. The molecule has 0 fully saturated rings. The number of ether oxygens (including phenoxy) is 2. The monoisotopic (exact) mass is 952 g/mol. The zero-order valence-electron chi connectivity index (χ0n) is 39.0. The third-order valence-corrected chi connectivity index (χ3v) is 13.9. The molecule has 0 aliphatic carbocycles. The van der Waals surface area contributed by atoms with Gasteiger partial charge in [0, 0.05) is 49.9 Å². The second kappa shape index (κ2) is 19.5. The second-order valence-corrected chi connectivity index (χ2v) is 18.7. The van der Waals surface area contributed by atoms with Crippen LogP contribution in [0.2, 0.25) is 0 Å². The Hall–Kier alpha value is -8.50. The smallest absolute Gasteiger partial charge is 0.194 e. The van der Waals surface area contributed by atoms with Gasteiger partial charge in [0.15, 0.2) is 11.4 Å². The lowest BCUT2D eigenvalue weighted by atomic mass is 9.74. The molecular formula is C63H44N4O2S2. The second-order valence-electron chi connectivity index (χ2n) is 17.8. The topological polar surface area (TPSA) is 74.8 Å². The van der Waals surface area contributed by atoms with Gasteiger partial charge in [-0.05, 0) is 102 Å². The van der Waals surface area contributed by atoms with E-state index in [4.69, 9.17) is 22.6 Å². The van der Waals surface area contributed by atoms with Crippen LogP contribution in [0.3, 0.4) is 0 Å². The first-order chi connectivity index (χ1) is 34.7. The van der Waals surface area contributed by atoms with Gasteiger partial charge in [0.1, 0.15) is 11.5 Å². The van der Waals surface area contributed by atoms with Gasteiger partial charge in [0.25, 0.3) is 0 Å². The van der Waals surface area contributed by atoms with E-state index >= 15 is 0 Å². The minimum Gasteiger partial charge on any atom is -0.491 e. The van der Waals surface area contributed by atoms with Crippen molar-refractivity contribution in [3.63, 3.8) is 0 Å². The Morgan fingerprint density at radius 1 is 0.423 bits per heavy atom. The Morgan fingerprint density at radius 2 is 0.718 bits per heavy atom. The fourth-order valence-electron chi connectivity index (χ4n) is 10.1. The van der Waals surface area contributed by atoms with Crippen LogP contribution in [0.1, 0.15) is 36.1 Å². The summed E-state index contributed by atoms with van der Waals surface area (Å²) >= 11 is 9.23. The maximum Gasteiger partial charge on any atom is 0.194 e. The van der Waals surface area contributed by atoms with Gasteiger partial charge < -0.3 is 9.47 Å². The molecule has 0 spiro atoms. The van der Waals surface area contributed by atoms with E-state index in [2.05, 4.69) is 134 Å². The van der Waals surface area contributed by atoms with E-state index in [-0.39, 0.29) is 0 Å². The van der Waals surface area contributed by atoms with Crippen molar-refractivity contribution < 1.29 is 9.47 Å². The molecule has 0 saturated heterocycles. The highest BCUT2D eigenvalue weighted by Gasteiger charge is 2.31. The first kappa shape index (κ1) is 46.2. The van der Waals surface area contributed by atoms with Gasteiger partial charge >= 0.3 is 0 Å². The fraction of sp³-hybridized carbons (Fsp3) is 0.111. The number of thiol groups is 2. The molecule has 340 valence electrons. The number of fused-ring (bicyclic) bond motifs is 4. The standard InChI is InChI=1S/C63H44N4O2S2/c1-63(2,41-33-55(49-19-7-15-43-39(37-64)13-5-17-45(43)49)61(68-29-31-70)56(34-41)50-20-8-16-44-40(38-65)14-6-18-46(44)50)42-35-57(51-21-9-25-53-47(51)23-11-27-59(53)66-3)62(69-30-32-71)58(36-42)52-22-10-26-54-48(52)24-12-28-60(54)67-4/h5-28,33-36,70-71H,29-32H2,1-2H3. The Bertz CT molecular complexity index is 3470.